The maximum atomic E-state index is 10.1. The largest absolute Gasteiger partial charge is 0.508 e. The molecule has 0 radical (unpaired) electrons. The summed E-state index contributed by atoms with van der Waals surface area (Å²) in [5.74, 6) is 1.13. The highest BCUT2D eigenvalue weighted by molar-refractivity contribution is 7.71. The zero-order valence-corrected chi connectivity index (χ0v) is 15.2. The van der Waals surface area contributed by atoms with Crippen molar-refractivity contribution in [1.29, 1.82) is 0 Å². The Morgan fingerprint density at radius 2 is 1.96 bits per heavy atom. The van der Waals surface area contributed by atoms with Crippen LogP contribution in [-0.4, -0.2) is 30.0 Å². The van der Waals surface area contributed by atoms with Gasteiger partial charge in [0, 0.05) is 17.1 Å². The van der Waals surface area contributed by atoms with E-state index in [1.807, 2.05) is 36.6 Å². The van der Waals surface area contributed by atoms with Crippen LogP contribution in [0, 0.1) is 11.7 Å². The summed E-state index contributed by atoms with van der Waals surface area (Å²) in [5.41, 5.74) is 4.11. The lowest BCUT2D eigenvalue weighted by Gasteiger charge is -2.13. The molecule has 0 unspecified atom stereocenters. The normalized spacial score (nSPS) is 11.3. The molecular weight excluding hydrogens is 348 g/mol. The number of fused-ring (bicyclic) bond motifs is 1. The highest BCUT2D eigenvalue weighted by Gasteiger charge is 2.17. The van der Waals surface area contributed by atoms with Gasteiger partial charge in [-0.2, -0.15) is 5.10 Å². The van der Waals surface area contributed by atoms with E-state index >= 15 is 0 Å². The third kappa shape index (κ3) is 2.40. The highest BCUT2D eigenvalue weighted by Crippen LogP contribution is 2.34. The summed E-state index contributed by atoms with van der Waals surface area (Å²) in [6.07, 6.45) is 2.49. The second-order valence-electron chi connectivity index (χ2n) is 6.21. The molecular formula is C19H18N4O2S. The van der Waals surface area contributed by atoms with Crippen LogP contribution in [0.1, 0.15) is 18.1 Å². The molecule has 4 aromatic rings. The lowest BCUT2D eigenvalue weighted by Crippen LogP contribution is -2.00. The Morgan fingerprint density at radius 3 is 2.73 bits per heavy atom. The van der Waals surface area contributed by atoms with Gasteiger partial charge in [-0.15, -0.1) is 0 Å². The fourth-order valence-corrected chi connectivity index (χ4v) is 3.51. The fraction of sp³-hybridized carbons (Fsp3) is 0.158. The van der Waals surface area contributed by atoms with E-state index in [1.165, 1.54) is 0 Å². The van der Waals surface area contributed by atoms with E-state index in [9.17, 15) is 10.2 Å². The molecule has 0 saturated carbocycles. The maximum Gasteiger partial charge on any atom is 0.200 e. The van der Waals surface area contributed by atoms with Gasteiger partial charge in [-0.05, 0) is 67.0 Å². The molecule has 0 bridgehead atoms. The Labute approximate surface area is 154 Å². The number of phenols is 2. The number of phenolic OH excluding ortho intramolecular Hbond substituents is 2. The van der Waals surface area contributed by atoms with Crippen molar-refractivity contribution in [1.82, 2.24) is 19.7 Å². The minimum atomic E-state index is 0.180. The van der Waals surface area contributed by atoms with E-state index in [0.717, 1.165) is 27.8 Å². The van der Waals surface area contributed by atoms with Crippen molar-refractivity contribution in [2.24, 2.45) is 0 Å². The van der Waals surface area contributed by atoms with Crippen LogP contribution in [0.5, 0.6) is 11.5 Å². The number of H-pyrrole nitrogens is 2. The van der Waals surface area contributed by atoms with Crippen molar-refractivity contribution in [3.8, 4) is 28.6 Å². The number of benzene rings is 2. The number of nitrogens with one attached hydrogen (secondary N) is 2. The van der Waals surface area contributed by atoms with Crippen molar-refractivity contribution in [2.45, 2.75) is 20.3 Å². The summed E-state index contributed by atoms with van der Waals surface area (Å²) in [5, 5.41) is 28.3. The number of rotatable bonds is 3. The second-order valence-corrected chi connectivity index (χ2v) is 6.59. The van der Waals surface area contributed by atoms with E-state index < -0.39 is 0 Å². The van der Waals surface area contributed by atoms with Crippen LogP contribution in [0.15, 0.2) is 36.5 Å². The summed E-state index contributed by atoms with van der Waals surface area (Å²) in [4.78, 5) is 3.04. The van der Waals surface area contributed by atoms with Crippen LogP contribution in [0.2, 0.25) is 0 Å². The molecule has 0 saturated heterocycles. The predicted octanol–water partition coefficient (Wildman–Crippen LogP) is 4.36. The molecule has 132 valence electrons. The third-order valence-electron chi connectivity index (χ3n) is 4.64. The molecule has 26 heavy (non-hydrogen) atoms. The Kier molecular flexibility index (Phi) is 3.81. The second kappa shape index (κ2) is 6.03. The number of nitrogens with zero attached hydrogens (tertiary/aromatic N) is 2. The summed E-state index contributed by atoms with van der Waals surface area (Å²) >= 11 is 5.48. The van der Waals surface area contributed by atoms with Crippen LogP contribution in [0.3, 0.4) is 0 Å². The van der Waals surface area contributed by atoms with Crippen molar-refractivity contribution in [2.75, 3.05) is 0 Å². The number of aromatic hydroxyl groups is 2. The third-order valence-corrected chi connectivity index (χ3v) is 4.91. The minimum absolute atomic E-state index is 0.180. The number of aromatic amines is 2. The van der Waals surface area contributed by atoms with Gasteiger partial charge in [0.15, 0.2) is 10.6 Å². The zero-order valence-electron chi connectivity index (χ0n) is 14.4. The quantitative estimate of drug-likeness (QED) is 0.406. The smallest absolute Gasteiger partial charge is 0.200 e. The van der Waals surface area contributed by atoms with Gasteiger partial charge in [0.1, 0.15) is 11.5 Å². The molecule has 0 aliphatic heterocycles. The van der Waals surface area contributed by atoms with Gasteiger partial charge in [0.2, 0.25) is 0 Å². The van der Waals surface area contributed by atoms with Crippen molar-refractivity contribution in [3.05, 3.63) is 52.4 Å². The van der Waals surface area contributed by atoms with Gasteiger partial charge < -0.3 is 15.2 Å². The first kappa shape index (κ1) is 16.4. The van der Waals surface area contributed by atoms with E-state index in [-0.39, 0.29) is 11.5 Å². The average molecular weight is 366 g/mol. The van der Waals surface area contributed by atoms with Gasteiger partial charge in [-0.25, -0.2) is 0 Å². The molecule has 0 aliphatic rings. The summed E-state index contributed by atoms with van der Waals surface area (Å²) in [6.45, 7) is 3.92. The number of hydrogen-bond acceptors (Lipinski definition) is 4. The first-order valence-electron chi connectivity index (χ1n) is 8.31. The van der Waals surface area contributed by atoms with Crippen molar-refractivity contribution >= 4 is 23.1 Å². The van der Waals surface area contributed by atoms with E-state index in [0.29, 0.717) is 22.5 Å². The van der Waals surface area contributed by atoms with E-state index in [2.05, 4.69) is 15.2 Å². The number of hydrogen-bond donors (Lipinski definition) is 4. The molecule has 2 aromatic heterocycles. The number of aryl methyl sites for hydroxylation is 2. The molecule has 0 aliphatic carbocycles. The molecule has 7 heteroatoms. The summed E-state index contributed by atoms with van der Waals surface area (Å²) in [7, 11) is 0. The highest BCUT2D eigenvalue weighted by atomic mass is 32.1. The van der Waals surface area contributed by atoms with Crippen LogP contribution in [0.25, 0.3) is 28.0 Å². The Balaban J connectivity index is 2.02. The number of aromatic nitrogens is 4. The molecule has 2 heterocycles. The minimum Gasteiger partial charge on any atom is -0.508 e. The van der Waals surface area contributed by atoms with Gasteiger partial charge in [-0.1, -0.05) is 6.92 Å². The van der Waals surface area contributed by atoms with Crippen LogP contribution in [0.4, 0.5) is 0 Å². The fourth-order valence-electron chi connectivity index (χ4n) is 3.28. The van der Waals surface area contributed by atoms with E-state index in [4.69, 9.17) is 12.2 Å². The predicted molar refractivity (Wildman–Crippen MR) is 103 cm³/mol. The van der Waals surface area contributed by atoms with Crippen LogP contribution in [-0.2, 0) is 6.42 Å². The lowest BCUT2D eigenvalue weighted by atomic mass is 10.0. The standard InChI is InChI=1S/C19H18N4O2S/c1-3-11-9-13(10(2)8-16(11)25)18-21-22-19(26)23(18)14-4-5-15(24)17-12(14)6-7-20-17/h4-9,20,24-25H,3H2,1-2H3,(H,22,26). The average Bonchev–Trinajstić information content (AvgIpc) is 3.24. The Bertz CT molecular complexity index is 1190. The molecule has 0 spiro atoms. The molecule has 0 atom stereocenters. The van der Waals surface area contributed by atoms with Gasteiger partial charge >= 0.3 is 0 Å². The SMILES string of the molecule is CCc1cc(-c2n[nH]c(=S)n2-c2ccc(O)c3[nH]ccc23)c(C)cc1O. The molecule has 4 N–H and O–H groups in total. The molecule has 4 rings (SSSR count). The van der Waals surface area contributed by atoms with Crippen molar-refractivity contribution in [3.63, 3.8) is 0 Å². The molecule has 6 nitrogen and oxygen atoms in total. The van der Waals surface area contributed by atoms with Crippen LogP contribution < -0.4 is 0 Å². The monoisotopic (exact) mass is 366 g/mol. The first-order chi connectivity index (χ1) is 12.5. The van der Waals surface area contributed by atoms with Gasteiger partial charge in [0.25, 0.3) is 0 Å². The maximum absolute atomic E-state index is 10.1. The summed E-state index contributed by atoms with van der Waals surface area (Å²) in [6, 6.07) is 9.04. The van der Waals surface area contributed by atoms with Crippen molar-refractivity contribution < 1.29 is 10.2 Å². The molecule has 0 amide bonds. The van der Waals surface area contributed by atoms with Crippen LogP contribution >= 0.6 is 12.2 Å². The van der Waals surface area contributed by atoms with Gasteiger partial charge in [-0.3, -0.25) is 9.67 Å². The Morgan fingerprint density at radius 1 is 1.15 bits per heavy atom. The topological polar surface area (TPSA) is 89.9 Å². The van der Waals surface area contributed by atoms with Gasteiger partial charge in [0.05, 0.1) is 11.2 Å². The molecule has 2 aromatic carbocycles. The van der Waals surface area contributed by atoms with E-state index in [1.54, 1.807) is 18.3 Å². The molecule has 0 fully saturated rings. The summed E-state index contributed by atoms with van der Waals surface area (Å²) < 4.78 is 2.31. The zero-order chi connectivity index (χ0) is 18.4. The lowest BCUT2D eigenvalue weighted by molar-refractivity contribution is 0.468. The first-order valence-corrected chi connectivity index (χ1v) is 8.71. The Hall–Kier alpha value is -3.06.